The van der Waals surface area contributed by atoms with Crippen LogP contribution in [-0.4, -0.2) is 30.4 Å². The van der Waals surface area contributed by atoms with E-state index in [1.165, 1.54) is 22.9 Å². The third-order valence-corrected chi connectivity index (χ3v) is 3.59. The first kappa shape index (κ1) is 16.3. The van der Waals surface area contributed by atoms with Crippen LogP contribution in [0.15, 0.2) is 24.3 Å². The second kappa shape index (κ2) is 5.98. The van der Waals surface area contributed by atoms with Gasteiger partial charge in [-0.15, -0.1) is 0 Å². The molecule has 1 aromatic heterocycles. The Morgan fingerprint density at radius 2 is 2.00 bits per heavy atom. The average Bonchev–Trinajstić information content (AvgIpc) is 2.68. The van der Waals surface area contributed by atoms with Crippen molar-refractivity contribution in [3.63, 3.8) is 0 Å². The van der Waals surface area contributed by atoms with E-state index in [-0.39, 0.29) is 11.3 Å². The summed E-state index contributed by atoms with van der Waals surface area (Å²) in [6.45, 7) is 1.80. The Hall–Kier alpha value is -2.06. The minimum atomic E-state index is -3.51. The number of carbonyl (C=O) groups excluding carboxylic acids is 1. The second-order valence-electron chi connectivity index (χ2n) is 4.81. The molecule has 0 aliphatic rings. The molecule has 0 saturated carbocycles. The van der Waals surface area contributed by atoms with Crippen molar-refractivity contribution in [2.45, 2.75) is 6.92 Å². The van der Waals surface area contributed by atoms with Crippen molar-refractivity contribution < 1.29 is 13.2 Å². The molecule has 0 saturated heterocycles. The molecule has 0 fully saturated rings. The van der Waals surface area contributed by atoms with Crippen LogP contribution in [0.25, 0.3) is 0 Å². The van der Waals surface area contributed by atoms with Crippen molar-refractivity contribution in [3.8, 4) is 0 Å². The van der Waals surface area contributed by atoms with Crippen molar-refractivity contribution in [2.24, 2.45) is 7.05 Å². The summed E-state index contributed by atoms with van der Waals surface area (Å²) in [6, 6.07) is 6.03. The van der Waals surface area contributed by atoms with Gasteiger partial charge in [0.15, 0.2) is 0 Å². The fourth-order valence-corrected chi connectivity index (χ4v) is 2.65. The number of benzene rings is 1. The Morgan fingerprint density at radius 1 is 1.32 bits per heavy atom. The highest BCUT2D eigenvalue weighted by molar-refractivity contribution is 7.92. The SMILES string of the molecule is Cc1cc(NC(=O)c2cc(Cl)ccc2NS(C)(=O)=O)n(C)n1. The maximum absolute atomic E-state index is 12.4. The molecule has 2 N–H and O–H groups in total. The molecule has 2 rings (SSSR count). The molecule has 1 heterocycles. The standard InChI is InChI=1S/C13H15ClN4O3S/c1-8-6-12(18(2)16-8)15-13(19)10-7-9(14)4-5-11(10)17-22(3,20)21/h4-7,17H,1-3H3,(H,15,19). The zero-order valence-corrected chi connectivity index (χ0v) is 13.8. The maximum atomic E-state index is 12.4. The first-order valence-electron chi connectivity index (χ1n) is 6.25. The smallest absolute Gasteiger partial charge is 0.258 e. The highest BCUT2D eigenvalue weighted by atomic mass is 35.5. The number of hydrogen-bond donors (Lipinski definition) is 2. The number of sulfonamides is 1. The van der Waals surface area contributed by atoms with E-state index in [2.05, 4.69) is 15.1 Å². The number of aromatic nitrogens is 2. The van der Waals surface area contributed by atoms with Crippen LogP contribution >= 0.6 is 11.6 Å². The Kier molecular flexibility index (Phi) is 4.43. The number of nitrogens with one attached hydrogen (secondary N) is 2. The van der Waals surface area contributed by atoms with Crippen molar-refractivity contribution in [1.82, 2.24) is 9.78 Å². The molecule has 1 aromatic carbocycles. The summed E-state index contributed by atoms with van der Waals surface area (Å²) in [6.07, 6.45) is 1.01. The first-order chi connectivity index (χ1) is 10.2. The van der Waals surface area contributed by atoms with Gasteiger partial charge in [-0.25, -0.2) is 8.42 Å². The van der Waals surface area contributed by atoms with Crippen molar-refractivity contribution in [3.05, 3.63) is 40.5 Å². The van der Waals surface area contributed by atoms with Gasteiger partial charge in [0.25, 0.3) is 5.91 Å². The average molecular weight is 343 g/mol. The second-order valence-corrected chi connectivity index (χ2v) is 7.00. The molecule has 0 atom stereocenters. The van der Waals surface area contributed by atoms with E-state index in [1.54, 1.807) is 20.0 Å². The van der Waals surface area contributed by atoms with Crippen LogP contribution in [0.4, 0.5) is 11.5 Å². The molecule has 22 heavy (non-hydrogen) atoms. The van der Waals surface area contributed by atoms with Crippen LogP contribution < -0.4 is 10.0 Å². The van der Waals surface area contributed by atoms with Crippen molar-refractivity contribution in [1.29, 1.82) is 0 Å². The monoisotopic (exact) mass is 342 g/mol. The lowest BCUT2D eigenvalue weighted by molar-refractivity contribution is 0.102. The lowest BCUT2D eigenvalue weighted by Crippen LogP contribution is -2.18. The quantitative estimate of drug-likeness (QED) is 0.888. The van der Waals surface area contributed by atoms with Gasteiger partial charge < -0.3 is 5.32 Å². The van der Waals surface area contributed by atoms with Crippen molar-refractivity contribution >= 4 is 39.0 Å². The van der Waals surface area contributed by atoms with E-state index in [0.717, 1.165) is 11.9 Å². The fourth-order valence-electron chi connectivity index (χ4n) is 1.90. The zero-order valence-electron chi connectivity index (χ0n) is 12.2. The van der Waals surface area contributed by atoms with E-state index in [4.69, 9.17) is 11.6 Å². The third kappa shape index (κ3) is 3.99. The Balaban J connectivity index is 2.36. The number of carbonyl (C=O) groups is 1. The topological polar surface area (TPSA) is 93.1 Å². The normalized spacial score (nSPS) is 11.3. The molecule has 0 unspecified atom stereocenters. The minimum absolute atomic E-state index is 0.122. The minimum Gasteiger partial charge on any atom is -0.307 e. The molecule has 9 heteroatoms. The predicted octanol–water partition coefficient (Wildman–Crippen LogP) is 2.01. The molecule has 0 bridgehead atoms. The third-order valence-electron chi connectivity index (χ3n) is 2.77. The van der Waals surface area contributed by atoms with E-state index < -0.39 is 15.9 Å². The van der Waals surface area contributed by atoms with Gasteiger partial charge in [0, 0.05) is 18.1 Å². The van der Waals surface area contributed by atoms with E-state index in [9.17, 15) is 13.2 Å². The lowest BCUT2D eigenvalue weighted by atomic mass is 10.1. The Labute approximate surface area is 133 Å². The van der Waals surface area contributed by atoms with Gasteiger partial charge in [-0.3, -0.25) is 14.2 Å². The van der Waals surface area contributed by atoms with Crippen LogP contribution in [-0.2, 0) is 17.1 Å². The van der Waals surface area contributed by atoms with Crippen LogP contribution in [0, 0.1) is 6.92 Å². The molecule has 0 aliphatic heterocycles. The number of rotatable bonds is 4. The number of nitrogens with zero attached hydrogens (tertiary/aromatic N) is 2. The molecule has 1 amide bonds. The summed E-state index contributed by atoms with van der Waals surface area (Å²) in [4.78, 5) is 12.4. The Morgan fingerprint density at radius 3 is 2.55 bits per heavy atom. The van der Waals surface area contributed by atoms with Gasteiger partial charge in [-0.2, -0.15) is 5.10 Å². The number of anilines is 2. The van der Waals surface area contributed by atoms with Crippen LogP contribution in [0.3, 0.4) is 0 Å². The summed E-state index contributed by atoms with van der Waals surface area (Å²) >= 11 is 5.90. The van der Waals surface area contributed by atoms with Gasteiger partial charge in [0.2, 0.25) is 10.0 Å². The van der Waals surface area contributed by atoms with Gasteiger partial charge in [-0.05, 0) is 25.1 Å². The number of hydrogen-bond acceptors (Lipinski definition) is 4. The molecular formula is C13H15ClN4O3S. The van der Waals surface area contributed by atoms with Gasteiger partial charge in [-0.1, -0.05) is 11.6 Å². The van der Waals surface area contributed by atoms with E-state index in [0.29, 0.717) is 10.8 Å². The Bertz CT molecular complexity index is 830. The number of aryl methyl sites for hydroxylation is 2. The molecule has 0 radical (unpaired) electrons. The first-order valence-corrected chi connectivity index (χ1v) is 8.52. The fraction of sp³-hybridized carbons (Fsp3) is 0.231. The molecule has 7 nitrogen and oxygen atoms in total. The van der Waals surface area contributed by atoms with E-state index >= 15 is 0 Å². The molecule has 2 aromatic rings. The van der Waals surface area contributed by atoms with Crippen molar-refractivity contribution in [2.75, 3.05) is 16.3 Å². The predicted molar refractivity (Wildman–Crippen MR) is 85.8 cm³/mol. The van der Waals surface area contributed by atoms with Crippen LogP contribution in [0.5, 0.6) is 0 Å². The highest BCUT2D eigenvalue weighted by Gasteiger charge is 2.16. The number of halogens is 1. The maximum Gasteiger partial charge on any atom is 0.258 e. The van der Waals surface area contributed by atoms with Gasteiger partial charge in [0.05, 0.1) is 23.2 Å². The summed E-state index contributed by atoms with van der Waals surface area (Å²) in [5.74, 6) is 0.00410. The highest BCUT2D eigenvalue weighted by Crippen LogP contribution is 2.23. The lowest BCUT2D eigenvalue weighted by Gasteiger charge is -2.11. The molecular weight excluding hydrogens is 328 g/mol. The molecule has 0 aliphatic carbocycles. The molecule has 0 spiro atoms. The van der Waals surface area contributed by atoms with Crippen LogP contribution in [0.1, 0.15) is 16.1 Å². The van der Waals surface area contributed by atoms with Gasteiger partial charge in [0.1, 0.15) is 5.82 Å². The summed E-state index contributed by atoms with van der Waals surface area (Å²) in [5.41, 5.74) is 1.03. The van der Waals surface area contributed by atoms with E-state index in [1.807, 2.05) is 0 Å². The summed E-state index contributed by atoms with van der Waals surface area (Å²) < 4.78 is 26.6. The zero-order chi connectivity index (χ0) is 16.5. The summed E-state index contributed by atoms with van der Waals surface area (Å²) in [7, 11) is -1.82. The largest absolute Gasteiger partial charge is 0.307 e. The summed E-state index contributed by atoms with van der Waals surface area (Å²) in [5, 5.41) is 7.11. The van der Waals surface area contributed by atoms with Gasteiger partial charge >= 0.3 is 0 Å². The molecule has 118 valence electrons. The van der Waals surface area contributed by atoms with Crippen LogP contribution in [0.2, 0.25) is 5.02 Å². The number of amides is 1.